The van der Waals surface area contributed by atoms with Gasteiger partial charge in [0.05, 0.1) is 19.3 Å². The zero-order valence-corrected chi connectivity index (χ0v) is 14.2. The fraction of sp³-hybridized carbons (Fsp3) is 0.471. The molecule has 0 aromatic heterocycles. The van der Waals surface area contributed by atoms with E-state index in [-0.39, 0.29) is 13.0 Å². The van der Waals surface area contributed by atoms with Gasteiger partial charge in [-0.05, 0) is 30.2 Å². The number of fused-ring (bicyclic) bond motifs is 4. The van der Waals surface area contributed by atoms with E-state index < -0.39 is 29.3 Å². The number of imide groups is 2. The molecule has 132 valence electrons. The van der Waals surface area contributed by atoms with E-state index in [1.165, 1.54) is 14.1 Å². The summed E-state index contributed by atoms with van der Waals surface area (Å²) in [4.78, 5) is 42.6. The highest BCUT2D eigenvalue weighted by molar-refractivity contribution is 6.20. The van der Waals surface area contributed by atoms with Gasteiger partial charge in [-0.1, -0.05) is 0 Å². The summed E-state index contributed by atoms with van der Waals surface area (Å²) in [7, 11) is 2.83. The molecule has 0 bridgehead atoms. The smallest absolute Gasteiger partial charge is 0.332 e. The summed E-state index contributed by atoms with van der Waals surface area (Å²) in [5.41, 5.74) is 6.94. The Kier molecular flexibility index (Phi) is 3.30. The maximum absolute atomic E-state index is 13.2. The van der Waals surface area contributed by atoms with Crippen LogP contribution >= 0.6 is 0 Å². The molecule has 2 N–H and O–H groups in total. The lowest BCUT2D eigenvalue weighted by molar-refractivity contribution is -0.161. The highest BCUT2D eigenvalue weighted by Crippen LogP contribution is 2.46. The molecule has 3 aliphatic heterocycles. The Hall–Kier alpha value is -2.61. The molecule has 0 radical (unpaired) electrons. The first-order valence-electron chi connectivity index (χ1n) is 8.21. The molecule has 4 amide bonds. The van der Waals surface area contributed by atoms with Gasteiger partial charge in [0, 0.05) is 32.0 Å². The van der Waals surface area contributed by atoms with E-state index in [2.05, 4.69) is 4.90 Å². The third-order valence-corrected chi connectivity index (χ3v) is 5.53. The summed E-state index contributed by atoms with van der Waals surface area (Å²) in [5.74, 6) is -0.955. The van der Waals surface area contributed by atoms with Crippen LogP contribution in [0.1, 0.15) is 5.56 Å². The minimum atomic E-state index is -1.38. The highest BCUT2D eigenvalue weighted by Gasteiger charge is 2.63. The van der Waals surface area contributed by atoms with Gasteiger partial charge < -0.3 is 15.4 Å². The van der Waals surface area contributed by atoms with Crippen molar-refractivity contribution in [1.82, 2.24) is 9.80 Å². The highest BCUT2D eigenvalue weighted by atomic mass is 16.5. The van der Waals surface area contributed by atoms with Gasteiger partial charge in [-0.25, -0.2) is 4.79 Å². The number of nitrogens with zero attached hydrogens (tertiary/aromatic N) is 3. The second-order valence-corrected chi connectivity index (χ2v) is 6.83. The van der Waals surface area contributed by atoms with Crippen molar-refractivity contribution in [3.05, 3.63) is 23.8 Å². The van der Waals surface area contributed by atoms with Gasteiger partial charge in [0.15, 0.2) is 5.41 Å². The standard InChI is InChI=1S/C17H20N4O4/c1-19-14(22)17(15(23)20(2)16(19)24)8-10-7-11(18)3-4-12(10)21-5-6-25-9-13(17)21/h3-4,7,13H,5-6,8-9,18H2,1-2H3/t13-/m1/s1. The number of carbonyl (C=O) groups is 3. The quantitative estimate of drug-likeness (QED) is 0.528. The van der Waals surface area contributed by atoms with Crippen molar-refractivity contribution in [2.24, 2.45) is 5.41 Å². The van der Waals surface area contributed by atoms with Gasteiger partial charge in [0.2, 0.25) is 11.8 Å². The number of nitrogen functional groups attached to an aromatic ring is 1. The molecule has 1 spiro atoms. The normalized spacial score (nSPS) is 25.3. The lowest BCUT2D eigenvalue weighted by Gasteiger charge is -2.54. The second kappa shape index (κ2) is 5.19. The van der Waals surface area contributed by atoms with Gasteiger partial charge in [-0.2, -0.15) is 0 Å². The van der Waals surface area contributed by atoms with Crippen LogP contribution in [0.25, 0.3) is 0 Å². The maximum Gasteiger partial charge on any atom is 0.332 e. The lowest BCUT2D eigenvalue weighted by Crippen LogP contribution is -2.73. The molecular formula is C17H20N4O4. The predicted octanol–water partition coefficient (Wildman–Crippen LogP) is 0.0669. The molecule has 25 heavy (non-hydrogen) atoms. The van der Waals surface area contributed by atoms with Crippen molar-refractivity contribution in [2.45, 2.75) is 12.5 Å². The number of nitrogens with two attached hydrogens (primary N) is 1. The van der Waals surface area contributed by atoms with Crippen LogP contribution in [0.2, 0.25) is 0 Å². The molecule has 8 nitrogen and oxygen atoms in total. The molecule has 3 heterocycles. The number of ether oxygens (including phenoxy) is 1. The molecule has 8 heteroatoms. The van der Waals surface area contributed by atoms with E-state index in [0.29, 0.717) is 18.8 Å². The molecule has 1 aromatic carbocycles. The number of amides is 4. The Balaban J connectivity index is 1.92. The molecule has 2 fully saturated rings. The Morgan fingerprint density at radius 3 is 2.52 bits per heavy atom. The number of barbiturate groups is 1. The second-order valence-electron chi connectivity index (χ2n) is 6.83. The Morgan fingerprint density at radius 2 is 1.84 bits per heavy atom. The summed E-state index contributed by atoms with van der Waals surface area (Å²) in [6.07, 6.45) is 0.206. The third kappa shape index (κ3) is 1.94. The predicted molar refractivity (Wildman–Crippen MR) is 89.9 cm³/mol. The molecule has 3 aliphatic rings. The fourth-order valence-corrected chi connectivity index (χ4v) is 4.27. The molecule has 0 aliphatic carbocycles. The van der Waals surface area contributed by atoms with Crippen LogP contribution in [-0.4, -0.2) is 67.5 Å². The average molecular weight is 344 g/mol. The molecule has 0 saturated carbocycles. The first-order valence-corrected chi connectivity index (χ1v) is 8.21. The minimum absolute atomic E-state index is 0.206. The number of rotatable bonds is 0. The van der Waals surface area contributed by atoms with Crippen LogP contribution in [0.15, 0.2) is 18.2 Å². The number of carbonyl (C=O) groups excluding carboxylic acids is 3. The molecule has 1 aromatic rings. The Bertz CT molecular complexity index is 769. The van der Waals surface area contributed by atoms with Crippen LogP contribution in [0.4, 0.5) is 16.2 Å². The van der Waals surface area contributed by atoms with Gasteiger partial charge in [-0.3, -0.25) is 19.4 Å². The Labute approximate surface area is 145 Å². The molecule has 1 atom stereocenters. The number of urea groups is 1. The lowest BCUT2D eigenvalue weighted by atomic mass is 9.68. The number of anilines is 2. The third-order valence-electron chi connectivity index (χ3n) is 5.53. The zero-order valence-electron chi connectivity index (χ0n) is 14.2. The van der Waals surface area contributed by atoms with Crippen molar-refractivity contribution in [3.8, 4) is 0 Å². The number of morpholine rings is 1. The molecular weight excluding hydrogens is 324 g/mol. The van der Waals surface area contributed by atoms with Crippen molar-refractivity contribution >= 4 is 29.2 Å². The van der Waals surface area contributed by atoms with E-state index in [1.54, 1.807) is 6.07 Å². The van der Waals surface area contributed by atoms with Gasteiger partial charge >= 0.3 is 6.03 Å². The maximum atomic E-state index is 13.2. The number of hydrogen-bond acceptors (Lipinski definition) is 6. The van der Waals surface area contributed by atoms with Gasteiger partial charge in [0.1, 0.15) is 0 Å². The topological polar surface area (TPSA) is 96.2 Å². The van der Waals surface area contributed by atoms with Crippen molar-refractivity contribution < 1.29 is 19.1 Å². The summed E-state index contributed by atoms with van der Waals surface area (Å²) >= 11 is 0. The van der Waals surface area contributed by atoms with Crippen LogP contribution in [0.3, 0.4) is 0 Å². The van der Waals surface area contributed by atoms with Crippen molar-refractivity contribution in [1.29, 1.82) is 0 Å². The van der Waals surface area contributed by atoms with Crippen LogP contribution in [-0.2, 0) is 20.7 Å². The molecule has 4 rings (SSSR count). The first kappa shape index (κ1) is 15.9. The monoisotopic (exact) mass is 344 g/mol. The molecule has 2 saturated heterocycles. The van der Waals surface area contributed by atoms with E-state index in [9.17, 15) is 14.4 Å². The summed E-state index contributed by atoms with van der Waals surface area (Å²) < 4.78 is 5.61. The number of hydrogen-bond donors (Lipinski definition) is 1. The first-order chi connectivity index (χ1) is 11.9. The fourth-order valence-electron chi connectivity index (χ4n) is 4.27. The van der Waals surface area contributed by atoms with Gasteiger partial charge in [0.25, 0.3) is 0 Å². The average Bonchev–Trinajstić information content (AvgIpc) is 2.63. The van der Waals surface area contributed by atoms with Gasteiger partial charge in [-0.15, -0.1) is 0 Å². The van der Waals surface area contributed by atoms with Crippen LogP contribution in [0, 0.1) is 5.41 Å². The van der Waals surface area contributed by atoms with E-state index >= 15 is 0 Å². The SMILES string of the molecule is CN1C(=O)N(C)C(=O)C2(Cc3cc(N)ccc3N3CCOC[C@@H]32)C1=O. The van der Waals surface area contributed by atoms with E-state index in [1.807, 2.05) is 12.1 Å². The van der Waals surface area contributed by atoms with Crippen LogP contribution < -0.4 is 10.6 Å². The van der Waals surface area contributed by atoms with Crippen LogP contribution in [0.5, 0.6) is 0 Å². The summed E-state index contributed by atoms with van der Waals surface area (Å²) in [5, 5.41) is 0. The van der Waals surface area contributed by atoms with E-state index in [0.717, 1.165) is 21.1 Å². The summed E-state index contributed by atoms with van der Waals surface area (Å²) in [6.45, 7) is 1.35. The molecule has 0 unspecified atom stereocenters. The van der Waals surface area contributed by atoms with E-state index in [4.69, 9.17) is 10.5 Å². The van der Waals surface area contributed by atoms with Crippen molar-refractivity contribution in [2.75, 3.05) is 44.5 Å². The van der Waals surface area contributed by atoms with Crippen molar-refractivity contribution in [3.63, 3.8) is 0 Å². The minimum Gasteiger partial charge on any atom is -0.399 e. The summed E-state index contributed by atoms with van der Waals surface area (Å²) in [6, 6.07) is 4.49. The zero-order chi connectivity index (χ0) is 17.9. The largest absolute Gasteiger partial charge is 0.399 e. The Morgan fingerprint density at radius 1 is 1.16 bits per heavy atom. The number of benzene rings is 1.